The van der Waals surface area contributed by atoms with Crippen LogP contribution in [0.3, 0.4) is 0 Å². The maximum absolute atomic E-state index is 12.3. The van der Waals surface area contributed by atoms with Gasteiger partial charge in [0.05, 0.1) is 0 Å². The van der Waals surface area contributed by atoms with Gasteiger partial charge in [0, 0.05) is 36.6 Å². The number of carbonyl (C=O) groups excluding carboxylic acids is 1. The van der Waals surface area contributed by atoms with E-state index in [4.69, 9.17) is 18.0 Å². The van der Waals surface area contributed by atoms with Gasteiger partial charge in [-0.2, -0.15) is 0 Å². The predicted octanol–water partition coefficient (Wildman–Crippen LogP) is 2.64. The standard InChI is InChI=1S/C16H17N3OS/c1-19(2)14-8-4-7-13(10-14)18-16(20)12-6-3-5-11(9-12)15(17)21/h3-10H,1-2H3,(H2,17,21)(H,18,20). The van der Waals surface area contributed by atoms with Crippen molar-refractivity contribution in [3.8, 4) is 0 Å². The summed E-state index contributed by atoms with van der Waals surface area (Å²) in [6, 6.07) is 14.6. The molecule has 21 heavy (non-hydrogen) atoms. The molecule has 3 N–H and O–H groups in total. The number of amides is 1. The Labute approximate surface area is 129 Å². The molecule has 0 fully saturated rings. The number of thiocarbonyl (C=S) groups is 1. The van der Waals surface area contributed by atoms with Crippen molar-refractivity contribution in [2.75, 3.05) is 24.3 Å². The average molecular weight is 299 g/mol. The maximum Gasteiger partial charge on any atom is 0.255 e. The van der Waals surface area contributed by atoms with Crippen LogP contribution in [-0.4, -0.2) is 25.0 Å². The molecule has 0 aromatic heterocycles. The van der Waals surface area contributed by atoms with Gasteiger partial charge in [-0.25, -0.2) is 0 Å². The Morgan fingerprint density at radius 1 is 1.10 bits per heavy atom. The van der Waals surface area contributed by atoms with Crippen molar-refractivity contribution in [1.82, 2.24) is 0 Å². The molecular formula is C16H17N3OS. The predicted molar refractivity (Wildman–Crippen MR) is 91.1 cm³/mol. The average Bonchev–Trinajstić information content (AvgIpc) is 2.47. The summed E-state index contributed by atoms with van der Waals surface area (Å²) in [6.45, 7) is 0. The number of anilines is 2. The Morgan fingerprint density at radius 2 is 1.76 bits per heavy atom. The number of benzene rings is 2. The van der Waals surface area contributed by atoms with E-state index in [-0.39, 0.29) is 10.9 Å². The summed E-state index contributed by atoms with van der Waals surface area (Å²) in [6.07, 6.45) is 0. The van der Waals surface area contributed by atoms with Crippen LogP contribution in [0.2, 0.25) is 0 Å². The van der Waals surface area contributed by atoms with Crippen LogP contribution in [0.25, 0.3) is 0 Å². The van der Waals surface area contributed by atoms with Gasteiger partial charge in [-0.15, -0.1) is 0 Å². The van der Waals surface area contributed by atoms with Crippen LogP contribution >= 0.6 is 12.2 Å². The largest absolute Gasteiger partial charge is 0.389 e. The van der Waals surface area contributed by atoms with Crippen LogP contribution in [0.1, 0.15) is 15.9 Å². The van der Waals surface area contributed by atoms with E-state index < -0.39 is 0 Å². The van der Waals surface area contributed by atoms with Crippen LogP contribution in [0, 0.1) is 0 Å². The van der Waals surface area contributed by atoms with Crippen LogP contribution < -0.4 is 16.0 Å². The fourth-order valence-corrected chi connectivity index (χ4v) is 2.01. The molecule has 2 rings (SSSR count). The Balaban J connectivity index is 2.20. The zero-order valence-corrected chi connectivity index (χ0v) is 12.8. The molecule has 0 bridgehead atoms. The Bertz CT molecular complexity index is 683. The molecule has 0 radical (unpaired) electrons. The first-order valence-corrected chi connectivity index (χ1v) is 6.87. The summed E-state index contributed by atoms with van der Waals surface area (Å²) in [5.74, 6) is -0.191. The fraction of sp³-hybridized carbons (Fsp3) is 0.125. The number of rotatable bonds is 4. The van der Waals surface area contributed by atoms with E-state index in [1.54, 1.807) is 24.3 Å². The van der Waals surface area contributed by atoms with Crippen molar-refractivity contribution in [2.45, 2.75) is 0 Å². The maximum atomic E-state index is 12.3. The molecule has 0 saturated heterocycles. The van der Waals surface area contributed by atoms with Gasteiger partial charge < -0.3 is 16.0 Å². The first kappa shape index (κ1) is 15.0. The monoisotopic (exact) mass is 299 g/mol. The second-order valence-electron chi connectivity index (χ2n) is 4.84. The van der Waals surface area contributed by atoms with Gasteiger partial charge in [0.1, 0.15) is 4.99 Å². The minimum atomic E-state index is -0.191. The van der Waals surface area contributed by atoms with Crippen molar-refractivity contribution in [2.24, 2.45) is 5.73 Å². The lowest BCUT2D eigenvalue weighted by Crippen LogP contribution is -2.15. The summed E-state index contributed by atoms with van der Waals surface area (Å²) in [4.78, 5) is 14.5. The number of nitrogens with two attached hydrogens (primary N) is 1. The number of carbonyl (C=O) groups is 1. The number of hydrogen-bond acceptors (Lipinski definition) is 3. The van der Waals surface area contributed by atoms with Gasteiger partial charge in [0.15, 0.2) is 0 Å². The molecule has 0 spiro atoms. The molecule has 0 aliphatic rings. The highest BCUT2D eigenvalue weighted by atomic mass is 32.1. The molecule has 2 aromatic carbocycles. The molecule has 0 aliphatic heterocycles. The SMILES string of the molecule is CN(C)c1cccc(NC(=O)c2cccc(C(N)=S)c2)c1. The van der Waals surface area contributed by atoms with E-state index >= 15 is 0 Å². The zero-order valence-electron chi connectivity index (χ0n) is 12.0. The normalized spacial score (nSPS) is 10.0. The highest BCUT2D eigenvalue weighted by Crippen LogP contribution is 2.18. The van der Waals surface area contributed by atoms with Crippen molar-refractivity contribution >= 4 is 34.5 Å². The zero-order chi connectivity index (χ0) is 15.4. The van der Waals surface area contributed by atoms with Crippen LogP contribution in [0.15, 0.2) is 48.5 Å². The third-order valence-corrected chi connectivity index (χ3v) is 3.27. The number of hydrogen-bond donors (Lipinski definition) is 2. The molecule has 0 aliphatic carbocycles. The molecule has 2 aromatic rings. The summed E-state index contributed by atoms with van der Waals surface area (Å²) in [5.41, 5.74) is 8.55. The molecule has 0 atom stereocenters. The first-order chi connectivity index (χ1) is 9.97. The Kier molecular flexibility index (Phi) is 4.55. The summed E-state index contributed by atoms with van der Waals surface area (Å²) in [7, 11) is 3.90. The minimum absolute atomic E-state index is 0.191. The van der Waals surface area contributed by atoms with Gasteiger partial charge in [-0.05, 0) is 30.3 Å². The topological polar surface area (TPSA) is 58.4 Å². The van der Waals surface area contributed by atoms with Gasteiger partial charge in [-0.3, -0.25) is 4.79 Å². The third kappa shape index (κ3) is 3.79. The smallest absolute Gasteiger partial charge is 0.255 e. The molecular weight excluding hydrogens is 282 g/mol. The third-order valence-electron chi connectivity index (χ3n) is 3.03. The van der Waals surface area contributed by atoms with Crippen molar-refractivity contribution in [3.63, 3.8) is 0 Å². The molecule has 5 heteroatoms. The summed E-state index contributed by atoms with van der Waals surface area (Å²) in [5, 5.41) is 2.87. The van der Waals surface area contributed by atoms with Crippen LogP contribution in [-0.2, 0) is 0 Å². The first-order valence-electron chi connectivity index (χ1n) is 6.46. The lowest BCUT2D eigenvalue weighted by molar-refractivity contribution is 0.102. The van der Waals surface area contributed by atoms with E-state index in [0.29, 0.717) is 11.1 Å². The van der Waals surface area contributed by atoms with Gasteiger partial charge in [0.2, 0.25) is 0 Å². The van der Waals surface area contributed by atoms with Crippen molar-refractivity contribution in [3.05, 3.63) is 59.7 Å². The lowest BCUT2D eigenvalue weighted by Gasteiger charge is -2.14. The summed E-state index contributed by atoms with van der Waals surface area (Å²) >= 11 is 4.92. The van der Waals surface area contributed by atoms with Crippen molar-refractivity contribution < 1.29 is 4.79 Å². The fourth-order valence-electron chi connectivity index (χ4n) is 1.88. The molecule has 4 nitrogen and oxygen atoms in total. The van der Waals surface area contributed by atoms with Crippen LogP contribution in [0.4, 0.5) is 11.4 Å². The molecule has 0 saturated carbocycles. The van der Waals surface area contributed by atoms with E-state index in [2.05, 4.69) is 5.32 Å². The van der Waals surface area contributed by atoms with Gasteiger partial charge in [0.25, 0.3) is 5.91 Å². The van der Waals surface area contributed by atoms with E-state index in [0.717, 1.165) is 11.4 Å². The van der Waals surface area contributed by atoms with E-state index in [1.165, 1.54) is 0 Å². The molecule has 108 valence electrons. The van der Waals surface area contributed by atoms with Crippen LogP contribution in [0.5, 0.6) is 0 Å². The molecule has 0 unspecified atom stereocenters. The Morgan fingerprint density at radius 3 is 2.43 bits per heavy atom. The van der Waals surface area contributed by atoms with Crippen molar-refractivity contribution in [1.29, 1.82) is 0 Å². The van der Waals surface area contributed by atoms with E-state index in [1.807, 2.05) is 43.3 Å². The molecule has 0 heterocycles. The highest BCUT2D eigenvalue weighted by Gasteiger charge is 2.08. The lowest BCUT2D eigenvalue weighted by atomic mass is 10.1. The van der Waals surface area contributed by atoms with E-state index in [9.17, 15) is 4.79 Å². The number of nitrogens with zero attached hydrogens (tertiary/aromatic N) is 1. The quantitative estimate of drug-likeness (QED) is 0.852. The van der Waals surface area contributed by atoms with Gasteiger partial charge in [-0.1, -0.05) is 30.4 Å². The molecule has 1 amide bonds. The summed E-state index contributed by atoms with van der Waals surface area (Å²) < 4.78 is 0. The highest BCUT2D eigenvalue weighted by molar-refractivity contribution is 7.80. The second kappa shape index (κ2) is 6.37. The Hall–Kier alpha value is -2.40. The second-order valence-corrected chi connectivity index (χ2v) is 5.28. The minimum Gasteiger partial charge on any atom is -0.389 e. The van der Waals surface area contributed by atoms with Gasteiger partial charge >= 0.3 is 0 Å². The number of nitrogens with one attached hydrogen (secondary N) is 1.